The van der Waals surface area contributed by atoms with E-state index in [1.807, 2.05) is 24.3 Å². The molecule has 0 unspecified atom stereocenters. The van der Waals surface area contributed by atoms with E-state index in [0.717, 1.165) is 16.7 Å². The van der Waals surface area contributed by atoms with Gasteiger partial charge in [-0.05, 0) is 48.5 Å². The van der Waals surface area contributed by atoms with Crippen LogP contribution in [0, 0.1) is 11.8 Å². The number of hydrazine groups is 1. The summed E-state index contributed by atoms with van der Waals surface area (Å²) in [5.41, 5.74) is 11.6. The largest absolute Gasteiger partial charge is 0.491 e. The number of hydrogen-bond donors (Lipinski definition) is 4. The summed E-state index contributed by atoms with van der Waals surface area (Å²) in [6.45, 7) is -0.117. The lowest BCUT2D eigenvalue weighted by Gasteiger charge is -2.09. The summed E-state index contributed by atoms with van der Waals surface area (Å²) in [7, 11) is 0. The number of nitrogens with zero attached hydrogens (tertiary/aromatic N) is 2. The maximum absolute atomic E-state index is 12.3. The molecule has 11 heteroatoms. The fourth-order valence-electron chi connectivity index (χ4n) is 3.24. The molecule has 4 rings (SSSR count). The molecule has 1 amide bonds. The predicted molar refractivity (Wildman–Crippen MR) is 145 cm³/mol. The first kappa shape index (κ1) is 29.0. The van der Waals surface area contributed by atoms with Crippen LogP contribution in [0.25, 0.3) is 22.2 Å². The van der Waals surface area contributed by atoms with Crippen LogP contribution in [0.3, 0.4) is 0 Å². The summed E-state index contributed by atoms with van der Waals surface area (Å²) in [5, 5.41) is 9.41. The van der Waals surface area contributed by atoms with Crippen molar-refractivity contribution >= 4 is 47.6 Å². The first-order valence-corrected chi connectivity index (χ1v) is 10.5. The highest BCUT2D eigenvalue weighted by molar-refractivity contribution is 6.06. The summed E-state index contributed by atoms with van der Waals surface area (Å²) >= 11 is 0. The van der Waals surface area contributed by atoms with E-state index >= 15 is 0 Å². The number of carbonyl (C=O) groups is 2. The Morgan fingerprint density at radius 1 is 1.00 bits per heavy atom. The van der Waals surface area contributed by atoms with E-state index in [2.05, 4.69) is 27.2 Å². The highest BCUT2D eigenvalue weighted by Crippen LogP contribution is 2.24. The van der Waals surface area contributed by atoms with Crippen LogP contribution in [0.1, 0.15) is 21.5 Å². The first-order chi connectivity index (χ1) is 16.9. The van der Waals surface area contributed by atoms with Gasteiger partial charge in [0.25, 0.3) is 5.91 Å². The molecule has 0 aliphatic heterocycles. The van der Waals surface area contributed by atoms with Gasteiger partial charge in [-0.1, -0.05) is 24.0 Å². The number of ether oxygens (including phenoxy) is 1. The van der Waals surface area contributed by atoms with Crippen molar-refractivity contribution in [3.63, 3.8) is 0 Å². The van der Waals surface area contributed by atoms with Crippen LogP contribution in [0.2, 0.25) is 0 Å². The van der Waals surface area contributed by atoms with E-state index in [0.29, 0.717) is 27.9 Å². The number of nitrogens with two attached hydrogens (primary N) is 2. The van der Waals surface area contributed by atoms with Gasteiger partial charge in [-0.3, -0.25) is 20.0 Å². The topological polar surface area (TPSA) is 153 Å². The standard InChI is InChI=1S/C26H21N5O4.2ClH/c27-22(26(33)34)15-35-19-9-5-17(6-10-19)2-1-16-3-7-18(8-4-16)24-13-20(25(32)31-28)21-14-29-12-11-23(21)30-24;;/h3-14,22H,15,27-28H2,(H,31,32)(H,33,34);2*1H/t22-;;/m0../s1. The zero-order valence-electron chi connectivity index (χ0n) is 19.3. The number of amides is 1. The number of aromatic nitrogens is 2. The van der Waals surface area contributed by atoms with Gasteiger partial charge in [0.05, 0.1) is 16.8 Å². The van der Waals surface area contributed by atoms with Gasteiger partial charge < -0.3 is 15.6 Å². The Balaban J connectivity index is 0.00000241. The third kappa shape index (κ3) is 7.16. The number of halogens is 2. The normalized spacial score (nSPS) is 10.6. The average Bonchev–Trinajstić information content (AvgIpc) is 2.90. The number of carboxylic acid groups (broad SMARTS) is 1. The molecule has 6 N–H and O–H groups in total. The highest BCUT2D eigenvalue weighted by atomic mass is 35.5. The Bertz CT molecular complexity index is 1450. The highest BCUT2D eigenvalue weighted by Gasteiger charge is 2.13. The van der Waals surface area contributed by atoms with Crippen LogP contribution < -0.4 is 21.7 Å². The number of hydrogen-bond acceptors (Lipinski definition) is 7. The summed E-state index contributed by atoms with van der Waals surface area (Å²) in [4.78, 5) is 31.7. The van der Waals surface area contributed by atoms with Gasteiger partial charge in [-0.2, -0.15) is 0 Å². The van der Waals surface area contributed by atoms with Crippen LogP contribution in [0.15, 0.2) is 73.1 Å². The second-order valence-electron chi connectivity index (χ2n) is 7.53. The molecule has 0 fully saturated rings. The molecule has 9 nitrogen and oxygen atoms in total. The Morgan fingerprint density at radius 2 is 1.62 bits per heavy atom. The summed E-state index contributed by atoms with van der Waals surface area (Å²) in [6.07, 6.45) is 3.20. The number of nitrogen functional groups attached to an aromatic ring is 1. The summed E-state index contributed by atoms with van der Waals surface area (Å²) in [5.74, 6) is 10.5. The van der Waals surface area contributed by atoms with Crippen molar-refractivity contribution in [2.75, 3.05) is 6.61 Å². The molecule has 0 aliphatic rings. The minimum atomic E-state index is -1.12. The summed E-state index contributed by atoms with van der Waals surface area (Å²) < 4.78 is 5.36. The Labute approximate surface area is 225 Å². The maximum Gasteiger partial charge on any atom is 0.324 e. The zero-order chi connectivity index (χ0) is 24.8. The molecule has 4 aromatic rings. The molecule has 2 heterocycles. The van der Waals surface area contributed by atoms with Gasteiger partial charge in [0.2, 0.25) is 0 Å². The first-order valence-electron chi connectivity index (χ1n) is 10.5. The van der Waals surface area contributed by atoms with Crippen molar-refractivity contribution in [1.82, 2.24) is 15.4 Å². The van der Waals surface area contributed by atoms with E-state index < -0.39 is 17.9 Å². The second-order valence-corrected chi connectivity index (χ2v) is 7.53. The third-order valence-electron chi connectivity index (χ3n) is 5.12. The molecule has 2 aromatic carbocycles. The molecule has 0 saturated heterocycles. The van der Waals surface area contributed by atoms with Crippen LogP contribution in [-0.2, 0) is 4.79 Å². The van der Waals surface area contributed by atoms with E-state index in [9.17, 15) is 9.59 Å². The average molecular weight is 540 g/mol. The van der Waals surface area contributed by atoms with Crippen molar-refractivity contribution in [2.24, 2.45) is 11.6 Å². The number of nitrogens with one attached hydrogen (secondary N) is 1. The van der Waals surface area contributed by atoms with Crippen LogP contribution in [0.4, 0.5) is 0 Å². The van der Waals surface area contributed by atoms with Crippen molar-refractivity contribution < 1.29 is 19.4 Å². The minimum Gasteiger partial charge on any atom is -0.491 e. The zero-order valence-corrected chi connectivity index (χ0v) is 20.9. The Kier molecular flexibility index (Phi) is 10.4. The van der Waals surface area contributed by atoms with Gasteiger partial charge in [0, 0.05) is 34.5 Å². The van der Waals surface area contributed by atoms with Crippen LogP contribution in [-0.4, -0.2) is 39.6 Å². The Morgan fingerprint density at radius 3 is 2.22 bits per heavy atom. The number of aliphatic carboxylic acids is 1. The van der Waals surface area contributed by atoms with E-state index in [4.69, 9.17) is 21.4 Å². The molecule has 0 saturated carbocycles. The number of carboxylic acids is 1. The lowest BCUT2D eigenvalue weighted by atomic mass is 10.0. The van der Waals surface area contributed by atoms with Crippen molar-refractivity contribution in [1.29, 1.82) is 0 Å². The minimum absolute atomic E-state index is 0. The van der Waals surface area contributed by atoms with Crippen molar-refractivity contribution in [2.45, 2.75) is 6.04 Å². The van der Waals surface area contributed by atoms with Crippen LogP contribution in [0.5, 0.6) is 5.75 Å². The molecule has 2 aromatic heterocycles. The molecule has 0 aliphatic carbocycles. The molecule has 0 radical (unpaired) electrons. The molecule has 0 bridgehead atoms. The third-order valence-corrected chi connectivity index (χ3v) is 5.12. The lowest BCUT2D eigenvalue weighted by molar-refractivity contribution is -0.139. The number of benzene rings is 2. The number of carbonyl (C=O) groups excluding carboxylic acids is 1. The van der Waals surface area contributed by atoms with Crippen LogP contribution >= 0.6 is 24.8 Å². The van der Waals surface area contributed by atoms with Gasteiger partial charge in [0.15, 0.2) is 0 Å². The number of fused-ring (bicyclic) bond motifs is 1. The maximum atomic E-state index is 12.3. The summed E-state index contributed by atoms with van der Waals surface area (Å²) in [6, 6.07) is 16.8. The fraction of sp³-hybridized carbons (Fsp3) is 0.0769. The number of rotatable bonds is 6. The molecule has 0 spiro atoms. The van der Waals surface area contributed by atoms with Gasteiger partial charge in [0.1, 0.15) is 18.4 Å². The smallest absolute Gasteiger partial charge is 0.324 e. The van der Waals surface area contributed by atoms with E-state index in [-0.39, 0.29) is 31.4 Å². The van der Waals surface area contributed by atoms with Crippen molar-refractivity contribution in [3.05, 3.63) is 89.7 Å². The monoisotopic (exact) mass is 539 g/mol. The molecular weight excluding hydrogens is 517 g/mol. The predicted octanol–water partition coefficient (Wildman–Crippen LogP) is 2.93. The number of pyridine rings is 2. The molecule has 1 atom stereocenters. The van der Waals surface area contributed by atoms with E-state index in [1.165, 1.54) is 0 Å². The quantitative estimate of drug-likeness (QED) is 0.126. The Hall–Kier alpha value is -4.20. The SMILES string of the molecule is Cl.Cl.NNC(=O)c1cc(-c2ccc(C#Cc3ccc(OC[C@H](N)C(=O)O)cc3)cc2)nc2ccncc12. The molecular formula is C26H23Cl2N5O4. The van der Waals surface area contributed by atoms with E-state index in [1.54, 1.807) is 48.8 Å². The van der Waals surface area contributed by atoms with Gasteiger partial charge >= 0.3 is 5.97 Å². The lowest BCUT2D eigenvalue weighted by Crippen LogP contribution is -2.36. The second kappa shape index (κ2) is 13.2. The molecule has 37 heavy (non-hydrogen) atoms. The fourth-order valence-corrected chi connectivity index (χ4v) is 3.24. The molecule has 190 valence electrons. The van der Waals surface area contributed by atoms with Gasteiger partial charge in [-0.25, -0.2) is 10.8 Å². The van der Waals surface area contributed by atoms with Crippen molar-refractivity contribution in [3.8, 4) is 28.8 Å². The van der Waals surface area contributed by atoms with Gasteiger partial charge in [-0.15, -0.1) is 24.8 Å².